The van der Waals surface area contributed by atoms with Gasteiger partial charge < -0.3 is 5.41 Å². The fourth-order valence-electron chi connectivity index (χ4n) is 10.5. The van der Waals surface area contributed by atoms with Crippen molar-refractivity contribution in [1.29, 1.82) is 0 Å². The number of pyridine rings is 2. The number of allylic oxidation sites excluding steroid dienone is 4. The molecule has 4 heteroatoms. The summed E-state index contributed by atoms with van der Waals surface area (Å²) in [4.78, 5) is 9.80. The van der Waals surface area contributed by atoms with Crippen LogP contribution in [0.1, 0.15) is 68.3 Å². The summed E-state index contributed by atoms with van der Waals surface area (Å²) in [6, 6.07) is 76.1. The van der Waals surface area contributed by atoms with Crippen LogP contribution in [-0.4, -0.2) is 15.7 Å². The molecule has 0 amide bonds. The Hall–Kier alpha value is -7.58. The van der Waals surface area contributed by atoms with Crippen molar-refractivity contribution in [2.75, 3.05) is 0 Å². The van der Waals surface area contributed by atoms with Gasteiger partial charge in [-0.2, -0.15) is 5.71 Å². The number of hydrogen-bond acceptors (Lipinski definition) is 2. The third-order valence-corrected chi connectivity index (χ3v) is 13.1. The van der Waals surface area contributed by atoms with E-state index < -0.39 is 10.8 Å². The van der Waals surface area contributed by atoms with E-state index in [2.05, 4.69) is 193 Å². The summed E-state index contributed by atoms with van der Waals surface area (Å²) in [5.74, 6) is 0. The molecule has 0 unspecified atom stereocenters. The Morgan fingerprint density at radius 3 is 1.59 bits per heavy atom. The maximum atomic E-state index is 12.7. The molecule has 3 nitrogen and oxygen atoms in total. The van der Waals surface area contributed by atoms with Crippen LogP contribution in [0.15, 0.2) is 237 Å². The first-order valence-corrected chi connectivity index (χ1v) is 22.1. The van der Waals surface area contributed by atoms with Crippen LogP contribution in [-0.2, 0) is 31.9 Å². The van der Waals surface area contributed by atoms with Gasteiger partial charge in [0.1, 0.15) is 0 Å². The minimum atomic E-state index is -1.06. The first-order chi connectivity index (χ1) is 32.2. The molecule has 0 atom stereocenters. The monoisotopic (exact) mass is 1020 g/mol. The first-order valence-electron chi connectivity index (χ1n) is 22.1. The molecule has 318 valence electrons. The molecule has 0 N–H and O–H groups in total. The maximum Gasteiger partial charge on any atom is 0.0717 e. The molecule has 0 fully saturated rings. The van der Waals surface area contributed by atoms with Crippen molar-refractivity contribution in [1.82, 2.24) is 9.97 Å². The van der Waals surface area contributed by atoms with Crippen LogP contribution < -0.4 is 0 Å². The molecule has 9 aromatic rings. The van der Waals surface area contributed by atoms with Crippen molar-refractivity contribution in [2.45, 2.75) is 17.8 Å². The van der Waals surface area contributed by atoms with Crippen LogP contribution in [0.3, 0.4) is 0 Å². The standard InChI is InChI=1S/C62H42N3.Pt/c1-2-3-5-36-57(63)61(53-32-12-8-28-49(53)50-29-9-13-33-54(50)61)47-26-18-23-44(40-47)60(59(43-21-6-4-7-22-43)46-25-20-38-64-42-46)45-24-19-27-48(41-45)62(58-37-16-17-39-65-58)55-34-14-10-30-51(55)52-31-11-15-35-56(52)62;/h2-39,42H,1H3;/q-3;/b3-2-,36-5-,60-59-;. The Bertz CT molecular complexity index is 3220. The Labute approximate surface area is 401 Å². The fraction of sp³-hybridized carbons (Fsp3) is 0.0484. The zero-order valence-corrected chi connectivity index (χ0v) is 38.4. The summed E-state index contributed by atoms with van der Waals surface area (Å²) in [6.07, 6.45) is 13.3. The molecule has 0 aliphatic heterocycles. The van der Waals surface area contributed by atoms with Crippen molar-refractivity contribution in [2.24, 2.45) is 0 Å². The van der Waals surface area contributed by atoms with Crippen LogP contribution >= 0.6 is 0 Å². The molecule has 2 aromatic heterocycles. The zero-order valence-electron chi connectivity index (χ0n) is 36.2. The largest absolute Gasteiger partial charge is 0.806 e. The van der Waals surface area contributed by atoms with Gasteiger partial charge in [-0.05, 0) is 86.3 Å². The molecular weight excluding hydrogens is 982 g/mol. The Morgan fingerprint density at radius 1 is 0.485 bits per heavy atom. The molecular formula is C62H42N3Pt-3. The van der Waals surface area contributed by atoms with Gasteiger partial charge in [0.25, 0.3) is 0 Å². The van der Waals surface area contributed by atoms with E-state index in [0.29, 0.717) is 0 Å². The van der Waals surface area contributed by atoms with Crippen LogP contribution in [0.5, 0.6) is 0 Å². The minimum absolute atomic E-state index is 0. The number of nitrogens with zero attached hydrogens (tertiary/aromatic N) is 3. The molecule has 0 spiro atoms. The summed E-state index contributed by atoms with van der Waals surface area (Å²) in [5, 5.41) is 12.7. The fourth-order valence-corrected chi connectivity index (χ4v) is 10.5. The summed E-state index contributed by atoms with van der Waals surface area (Å²) in [6.45, 7) is 1.98. The third-order valence-electron chi connectivity index (χ3n) is 13.1. The number of fused-ring (bicyclic) bond motifs is 6. The second-order valence-corrected chi connectivity index (χ2v) is 16.5. The van der Waals surface area contributed by atoms with Gasteiger partial charge in [-0.1, -0.05) is 164 Å². The molecule has 0 radical (unpaired) electrons. The molecule has 2 aliphatic rings. The van der Waals surface area contributed by atoms with Gasteiger partial charge in [-0.15, -0.1) is 76.4 Å². The summed E-state index contributed by atoms with van der Waals surface area (Å²) >= 11 is 0. The molecule has 7 aromatic carbocycles. The number of benzene rings is 7. The van der Waals surface area contributed by atoms with Crippen LogP contribution in [0, 0.1) is 12.1 Å². The smallest absolute Gasteiger partial charge is 0.0717 e. The van der Waals surface area contributed by atoms with Crippen molar-refractivity contribution >= 4 is 16.9 Å². The van der Waals surface area contributed by atoms with Gasteiger partial charge in [0, 0.05) is 45.1 Å². The van der Waals surface area contributed by atoms with E-state index in [9.17, 15) is 5.41 Å². The van der Waals surface area contributed by atoms with Gasteiger partial charge in [0.05, 0.1) is 11.1 Å². The van der Waals surface area contributed by atoms with Gasteiger partial charge in [0.2, 0.25) is 0 Å². The molecule has 0 saturated heterocycles. The van der Waals surface area contributed by atoms with Crippen molar-refractivity contribution in [3.05, 3.63) is 316 Å². The van der Waals surface area contributed by atoms with Gasteiger partial charge >= 0.3 is 0 Å². The summed E-state index contributed by atoms with van der Waals surface area (Å²) < 4.78 is 0. The van der Waals surface area contributed by atoms with E-state index in [-0.39, 0.29) is 26.8 Å². The van der Waals surface area contributed by atoms with Crippen LogP contribution in [0.2, 0.25) is 0 Å². The first kappa shape index (κ1) is 42.4. The van der Waals surface area contributed by atoms with Gasteiger partial charge in [0.15, 0.2) is 0 Å². The summed E-state index contributed by atoms with van der Waals surface area (Å²) in [7, 11) is 0. The number of hydrogen-bond donors (Lipinski definition) is 0. The van der Waals surface area contributed by atoms with E-state index in [1.807, 2.05) is 68.0 Å². The Balaban J connectivity index is 0.00000511. The van der Waals surface area contributed by atoms with Gasteiger partial charge in [-0.3, -0.25) is 9.97 Å². The van der Waals surface area contributed by atoms with Crippen molar-refractivity contribution < 1.29 is 21.1 Å². The topological polar surface area (TPSA) is 48.1 Å². The SMILES string of the molecule is C/C=C\C=C/C(=[N-])C1(c2[c-]c(/C(=C(\c3ccccc3)c3cccnc3)c3[c-]c(C4(c5ccccn5)c5ccccc5-c5ccccc54)ccc3)ccc2)c2ccccc2-c2ccccc21.[Pt]. The maximum absolute atomic E-state index is 12.7. The summed E-state index contributed by atoms with van der Waals surface area (Å²) in [5.41, 5.74) is 15.7. The normalized spacial score (nSPS) is 14.1. The number of aromatic nitrogens is 2. The average molecular weight is 1020 g/mol. The Morgan fingerprint density at radius 2 is 1.02 bits per heavy atom. The van der Waals surface area contributed by atoms with E-state index in [4.69, 9.17) is 4.98 Å². The molecule has 2 aliphatic carbocycles. The minimum Gasteiger partial charge on any atom is -0.806 e. The van der Waals surface area contributed by atoms with Crippen LogP contribution in [0.25, 0.3) is 38.8 Å². The molecule has 0 bridgehead atoms. The predicted molar refractivity (Wildman–Crippen MR) is 265 cm³/mol. The Kier molecular flexibility index (Phi) is 11.4. The van der Waals surface area contributed by atoms with E-state index >= 15 is 0 Å². The zero-order chi connectivity index (χ0) is 43.8. The van der Waals surface area contributed by atoms with Crippen molar-refractivity contribution in [3.8, 4) is 22.3 Å². The molecule has 66 heavy (non-hydrogen) atoms. The molecule has 0 saturated carbocycles. The van der Waals surface area contributed by atoms with E-state index in [1.165, 1.54) is 22.3 Å². The quantitative estimate of drug-likeness (QED) is 0.0593. The van der Waals surface area contributed by atoms with E-state index in [1.54, 1.807) is 0 Å². The third kappa shape index (κ3) is 6.65. The second kappa shape index (κ2) is 17.8. The average Bonchev–Trinajstić information content (AvgIpc) is 3.85. The second-order valence-electron chi connectivity index (χ2n) is 16.5. The molecule has 2 heterocycles. The van der Waals surface area contributed by atoms with Crippen LogP contribution in [0.4, 0.5) is 0 Å². The molecule has 11 rings (SSSR count). The van der Waals surface area contributed by atoms with E-state index in [0.717, 1.165) is 72.5 Å². The van der Waals surface area contributed by atoms with Crippen molar-refractivity contribution in [3.63, 3.8) is 0 Å². The van der Waals surface area contributed by atoms with Gasteiger partial charge in [-0.25, -0.2) is 0 Å². The predicted octanol–water partition coefficient (Wildman–Crippen LogP) is 13.9. The number of rotatable bonds is 10.